The molecule has 5 aliphatic carbocycles. The van der Waals surface area contributed by atoms with Gasteiger partial charge < -0.3 is 9.52 Å². The Morgan fingerprint density at radius 1 is 1.05 bits per heavy atom. The quantitative estimate of drug-likeness (QED) is 0.397. The van der Waals surface area contributed by atoms with Crippen LogP contribution in [0.15, 0.2) is 45.6 Å². The summed E-state index contributed by atoms with van der Waals surface area (Å²) in [6.45, 7) is 2.42. The van der Waals surface area contributed by atoms with Gasteiger partial charge in [-0.2, -0.15) is 0 Å². The summed E-state index contributed by atoms with van der Waals surface area (Å²) in [5, 5.41) is 8.65. The number of carbonyl (C=O) groups is 3. The molecule has 0 saturated heterocycles. The Balaban J connectivity index is 0.000000410. The molecule has 0 amide bonds. The number of rotatable bonds is 5. The number of carboxylic acids is 1. The summed E-state index contributed by atoms with van der Waals surface area (Å²) in [5.74, 6) is 3.49. The van der Waals surface area contributed by atoms with Crippen LogP contribution >= 0.6 is 11.8 Å². The van der Waals surface area contributed by atoms with Gasteiger partial charge in [-0.05, 0) is 112 Å². The van der Waals surface area contributed by atoms with E-state index in [2.05, 4.69) is 11.9 Å². The highest BCUT2D eigenvalue weighted by atomic mass is 32.2. The van der Waals surface area contributed by atoms with Gasteiger partial charge in [-0.15, -0.1) is 0 Å². The van der Waals surface area contributed by atoms with Crippen molar-refractivity contribution in [3.63, 3.8) is 0 Å². The van der Waals surface area contributed by atoms with Crippen molar-refractivity contribution in [1.82, 2.24) is 4.98 Å². The van der Waals surface area contributed by atoms with Crippen LogP contribution < -0.4 is 0 Å². The van der Waals surface area contributed by atoms with Crippen molar-refractivity contribution >= 4 is 40.4 Å². The van der Waals surface area contributed by atoms with Gasteiger partial charge in [0.15, 0.2) is 11.4 Å². The van der Waals surface area contributed by atoms with Gasteiger partial charge in [0, 0.05) is 12.3 Å². The molecule has 4 fully saturated rings. The van der Waals surface area contributed by atoms with Gasteiger partial charge in [0.25, 0.3) is 5.22 Å². The third-order valence-corrected chi connectivity index (χ3v) is 11.3. The molecular weight excluding hydrogens is 510 g/mol. The van der Waals surface area contributed by atoms with E-state index in [1.165, 1.54) is 36.6 Å². The van der Waals surface area contributed by atoms with Gasteiger partial charge >= 0.3 is 5.97 Å². The second-order valence-electron chi connectivity index (χ2n) is 12.7. The molecule has 5 aliphatic rings. The van der Waals surface area contributed by atoms with E-state index in [9.17, 15) is 14.4 Å². The zero-order valence-electron chi connectivity index (χ0n) is 22.8. The number of carboxylic acid groups (broad SMARTS) is 1. The second kappa shape index (κ2) is 10.9. The molecule has 2 bridgehead atoms. The lowest BCUT2D eigenvalue weighted by atomic mass is 9.55. The van der Waals surface area contributed by atoms with E-state index >= 15 is 0 Å². The Kier molecular flexibility index (Phi) is 7.47. The lowest BCUT2D eigenvalue weighted by molar-refractivity contribution is -0.138. The molecule has 2 aromatic rings. The van der Waals surface area contributed by atoms with Crippen molar-refractivity contribution in [2.75, 3.05) is 5.75 Å². The van der Waals surface area contributed by atoms with Crippen molar-refractivity contribution < 1.29 is 23.9 Å². The van der Waals surface area contributed by atoms with Gasteiger partial charge in [0.05, 0.1) is 11.7 Å². The molecule has 6 nitrogen and oxygen atoms in total. The number of nitrogens with zero attached hydrogens (tertiary/aromatic N) is 1. The number of para-hydroxylation sites is 2. The minimum Gasteiger partial charge on any atom is -0.481 e. The summed E-state index contributed by atoms with van der Waals surface area (Å²) in [5.41, 5.74) is 3.16. The number of thioether (sulfide) groups is 1. The van der Waals surface area contributed by atoms with E-state index < -0.39 is 5.97 Å². The number of hydrogen-bond donors (Lipinski definition) is 1. The minimum atomic E-state index is -0.630. The van der Waals surface area contributed by atoms with Crippen molar-refractivity contribution in [2.24, 2.45) is 40.9 Å². The van der Waals surface area contributed by atoms with Crippen molar-refractivity contribution in [3.05, 3.63) is 35.9 Å². The van der Waals surface area contributed by atoms with Crippen LogP contribution in [0.25, 0.3) is 11.1 Å². The second-order valence-corrected chi connectivity index (χ2v) is 13.7. The van der Waals surface area contributed by atoms with Crippen LogP contribution in [-0.4, -0.2) is 33.4 Å². The van der Waals surface area contributed by atoms with Gasteiger partial charge in [0.1, 0.15) is 11.3 Å². The van der Waals surface area contributed by atoms with Crippen molar-refractivity contribution in [2.45, 2.75) is 82.8 Å². The fraction of sp³-hybridized carbons (Fsp3) is 0.625. The third kappa shape index (κ3) is 5.48. The molecule has 7 rings (SSSR count). The van der Waals surface area contributed by atoms with Crippen LogP contribution in [-0.2, 0) is 14.4 Å². The number of carbonyl (C=O) groups excluding carboxylic acids is 2. The topological polar surface area (TPSA) is 97.5 Å². The molecule has 0 spiro atoms. The molecule has 208 valence electrons. The summed E-state index contributed by atoms with van der Waals surface area (Å²) >= 11 is 1.45. The van der Waals surface area contributed by atoms with Crippen LogP contribution in [0.1, 0.15) is 77.6 Å². The molecule has 0 radical (unpaired) electrons. The SMILES string of the molecule is CC12CCC3C4CCC(=O)C=C(CCC3C1CCC2C(=O)CSc1nc2ccccc2o1)C4.O=C(O)C1CC1. The number of oxazole rings is 1. The predicted molar refractivity (Wildman–Crippen MR) is 150 cm³/mol. The minimum absolute atomic E-state index is 0.0185. The van der Waals surface area contributed by atoms with Crippen molar-refractivity contribution in [3.8, 4) is 0 Å². The first-order chi connectivity index (χ1) is 18.8. The average Bonchev–Trinajstić information content (AvgIpc) is 3.67. The van der Waals surface area contributed by atoms with Crippen molar-refractivity contribution in [1.29, 1.82) is 0 Å². The highest BCUT2D eigenvalue weighted by Crippen LogP contribution is 2.63. The normalized spacial score (nSPS) is 33.6. The number of fused-ring (bicyclic) bond motifs is 7. The molecule has 4 saturated carbocycles. The lowest BCUT2D eigenvalue weighted by Gasteiger charge is -2.50. The number of benzene rings is 1. The first-order valence-corrected chi connectivity index (χ1v) is 15.8. The Bertz CT molecular complexity index is 1260. The predicted octanol–water partition coefficient (Wildman–Crippen LogP) is 7.12. The van der Waals surface area contributed by atoms with E-state index in [-0.39, 0.29) is 17.3 Å². The maximum atomic E-state index is 13.4. The molecule has 1 aromatic carbocycles. The van der Waals surface area contributed by atoms with Crippen LogP contribution in [0.3, 0.4) is 0 Å². The first-order valence-electron chi connectivity index (χ1n) is 14.8. The monoisotopic (exact) mass is 549 g/mol. The Labute approximate surface area is 234 Å². The molecule has 7 heteroatoms. The van der Waals surface area contributed by atoms with Gasteiger partial charge in [-0.25, -0.2) is 4.98 Å². The Morgan fingerprint density at radius 2 is 1.87 bits per heavy atom. The maximum Gasteiger partial charge on any atom is 0.306 e. The van der Waals surface area contributed by atoms with Gasteiger partial charge in [-0.1, -0.05) is 36.4 Å². The zero-order valence-corrected chi connectivity index (χ0v) is 23.6. The number of allylic oxidation sites excluding steroid dienone is 2. The first kappa shape index (κ1) is 26.8. The standard InChI is InChI=1S/C28H33NO3S.C4H6O2/c1-28-13-12-20-18-7-8-19(30)15-17(14-18)6-9-21(20)22(28)10-11-23(28)25(31)16-33-27-29-24-4-2-3-5-26(24)32-27;5-4(6)3-1-2-3/h2-5,15,18,20-23H,6-14,16H2,1H3;3H,1-2H2,(H,5,6). The largest absolute Gasteiger partial charge is 0.481 e. The fourth-order valence-electron chi connectivity index (χ4n) is 8.34. The van der Waals surface area contributed by atoms with Crippen LogP contribution in [0.4, 0.5) is 0 Å². The molecule has 1 N–H and O–H groups in total. The number of hydrogen-bond acceptors (Lipinski definition) is 6. The van der Waals surface area contributed by atoms with Crippen LogP contribution in [0.2, 0.25) is 0 Å². The van der Waals surface area contributed by atoms with Crippen LogP contribution in [0, 0.1) is 40.9 Å². The van der Waals surface area contributed by atoms with Crippen LogP contribution in [0.5, 0.6) is 0 Å². The van der Waals surface area contributed by atoms with Gasteiger partial charge in [-0.3, -0.25) is 14.4 Å². The van der Waals surface area contributed by atoms with E-state index in [0.29, 0.717) is 34.4 Å². The fourth-order valence-corrected chi connectivity index (χ4v) is 9.12. The average molecular weight is 550 g/mol. The summed E-state index contributed by atoms with van der Waals surface area (Å²) in [6, 6.07) is 7.77. The summed E-state index contributed by atoms with van der Waals surface area (Å²) < 4.78 is 5.83. The van der Waals surface area contributed by atoms with E-state index in [1.54, 1.807) is 0 Å². The molecule has 1 aromatic heterocycles. The molecule has 39 heavy (non-hydrogen) atoms. The number of ketones is 2. The molecule has 1 heterocycles. The molecular formula is C32H39NO5S. The maximum absolute atomic E-state index is 13.4. The van der Waals surface area contributed by atoms with E-state index in [1.807, 2.05) is 30.3 Å². The number of Topliss-reactive ketones (excluding diaryl/α,β-unsaturated/α-hetero) is 1. The Hall–Kier alpha value is -2.41. The molecule has 0 aliphatic heterocycles. The molecule has 6 unspecified atom stereocenters. The highest BCUT2D eigenvalue weighted by molar-refractivity contribution is 7.99. The summed E-state index contributed by atoms with van der Waals surface area (Å²) in [4.78, 5) is 39.9. The Morgan fingerprint density at radius 3 is 2.62 bits per heavy atom. The highest BCUT2D eigenvalue weighted by Gasteiger charge is 2.56. The number of aromatic nitrogens is 1. The summed E-state index contributed by atoms with van der Waals surface area (Å²) in [7, 11) is 0. The molecule has 6 atom stereocenters. The third-order valence-electron chi connectivity index (χ3n) is 10.5. The van der Waals surface area contributed by atoms with E-state index in [4.69, 9.17) is 9.52 Å². The zero-order chi connectivity index (χ0) is 27.1. The smallest absolute Gasteiger partial charge is 0.306 e. The van der Waals surface area contributed by atoms with E-state index in [0.717, 1.165) is 74.3 Å². The lowest BCUT2D eigenvalue weighted by Crippen LogP contribution is -2.45. The number of aliphatic carboxylic acids is 1. The summed E-state index contributed by atoms with van der Waals surface area (Å²) in [6.07, 6.45) is 13.6. The van der Waals surface area contributed by atoms with Gasteiger partial charge in [0.2, 0.25) is 0 Å².